The van der Waals surface area contributed by atoms with Gasteiger partial charge in [0.2, 0.25) is 0 Å². The van der Waals surface area contributed by atoms with Crippen molar-refractivity contribution in [2.75, 3.05) is 42.2 Å². The molecule has 0 atom stereocenters. The van der Waals surface area contributed by atoms with Crippen LogP contribution in [0.2, 0.25) is 0 Å². The van der Waals surface area contributed by atoms with Crippen LogP contribution in [0.1, 0.15) is 37.9 Å². The summed E-state index contributed by atoms with van der Waals surface area (Å²) in [5.41, 5.74) is 9.79. The number of hydrogen-bond acceptors (Lipinski definition) is 8. The largest absolute Gasteiger partial charge is 0.492 e. The van der Waals surface area contributed by atoms with E-state index in [4.69, 9.17) is 15.5 Å². The van der Waals surface area contributed by atoms with Crippen LogP contribution in [0.15, 0.2) is 42.7 Å². The standard InChI is InChI=1S/C27H34N6O3/c1-18-20(15-23(34)35)24(33-12-9-27(2,3)10-13-33)21(16-30-18)25-31-17-22(28)26(32-25)29-11-14-36-19-7-5-4-6-8-19/h4-8,16-17H,9-15,28H2,1-3H3,(H,34,35)(H,29,31,32). The van der Waals surface area contributed by atoms with Crippen molar-refractivity contribution >= 4 is 23.2 Å². The molecule has 0 saturated carbocycles. The molecule has 36 heavy (non-hydrogen) atoms. The summed E-state index contributed by atoms with van der Waals surface area (Å²) >= 11 is 0. The summed E-state index contributed by atoms with van der Waals surface area (Å²) < 4.78 is 5.74. The molecule has 4 N–H and O–H groups in total. The number of rotatable bonds is 9. The zero-order valence-electron chi connectivity index (χ0n) is 21.1. The molecule has 0 aliphatic carbocycles. The van der Waals surface area contributed by atoms with Gasteiger partial charge in [-0.3, -0.25) is 9.78 Å². The molecule has 190 valence electrons. The van der Waals surface area contributed by atoms with Crippen LogP contribution < -0.4 is 20.7 Å². The molecule has 9 heteroatoms. The van der Waals surface area contributed by atoms with E-state index >= 15 is 0 Å². The number of nitrogens with zero attached hydrogens (tertiary/aromatic N) is 4. The molecule has 0 spiro atoms. The topological polar surface area (TPSA) is 126 Å². The van der Waals surface area contributed by atoms with Gasteiger partial charge in [-0.05, 0) is 37.3 Å². The number of carboxylic acid groups (broad SMARTS) is 1. The summed E-state index contributed by atoms with van der Waals surface area (Å²) in [4.78, 5) is 27.7. The highest BCUT2D eigenvalue weighted by atomic mass is 16.5. The van der Waals surface area contributed by atoms with Gasteiger partial charge in [-0.25, -0.2) is 9.97 Å². The molecule has 1 aromatic carbocycles. The first-order chi connectivity index (χ1) is 17.2. The van der Waals surface area contributed by atoms with Crippen LogP contribution in [0.25, 0.3) is 11.4 Å². The number of aromatic nitrogens is 3. The molecule has 3 aromatic rings. The fraction of sp³-hybridized carbons (Fsp3) is 0.407. The van der Waals surface area contributed by atoms with E-state index in [9.17, 15) is 9.90 Å². The summed E-state index contributed by atoms with van der Waals surface area (Å²) in [5, 5.41) is 12.9. The van der Waals surface area contributed by atoms with Crippen molar-refractivity contribution in [1.29, 1.82) is 0 Å². The molecular weight excluding hydrogens is 456 g/mol. The third-order valence-electron chi connectivity index (χ3n) is 6.59. The first kappa shape index (κ1) is 25.2. The smallest absolute Gasteiger partial charge is 0.307 e. The van der Waals surface area contributed by atoms with Gasteiger partial charge in [0.1, 0.15) is 12.4 Å². The van der Waals surface area contributed by atoms with Crippen LogP contribution in [-0.4, -0.2) is 52.3 Å². The van der Waals surface area contributed by atoms with E-state index in [1.165, 1.54) is 0 Å². The molecule has 0 radical (unpaired) electrons. The highest BCUT2D eigenvalue weighted by Gasteiger charge is 2.30. The van der Waals surface area contributed by atoms with Crippen LogP contribution in [-0.2, 0) is 11.2 Å². The Balaban J connectivity index is 1.62. The second kappa shape index (κ2) is 10.8. The minimum absolute atomic E-state index is 0.112. The van der Waals surface area contributed by atoms with E-state index in [0.717, 1.165) is 37.4 Å². The number of piperidine rings is 1. The second-order valence-corrected chi connectivity index (χ2v) is 9.89. The van der Waals surface area contributed by atoms with Crippen molar-refractivity contribution in [3.8, 4) is 17.1 Å². The lowest BCUT2D eigenvalue weighted by Crippen LogP contribution is -2.38. The van der Waals surface area contributed by atoms with Gasteiger partial charge in [-0.15, -0.1) is 0 Å². The fourth-order valence-electron chi connectivity index (χ4n) is 4.38. The molecule has 0 bridgehead atoms. The molecule has 2 aromatic heterocycles. The SMILES string of the molecule is Cc1ncc(-c2ncc(N)c(NCCOc3ccccc3)n2)c(N2CCC(C)(C)CC2)c1CC(=O)O. The van der Waals surface area contributed by atoms with E-state index in [1.807, 2.05) is 37.3 Å². The van der Waals surface area contributed by atoms with Gasteiger partial charge in [0.05, 0.1) is 36.1 Å². The van der Waals surface area contributed by atoms with Crippen molar-refractivity contribution in [2.24, 2.45) is 5.41 Å². The van der Waals surface area contributed by atoms with Crippen molar-refractivity contribution < 1.29 is 14.6 Å². The van der Waals surface area contributed by atoms with Crippen LogP contribution in [0, 0.1) is 12.3 Å². The molecule has 1 saturated heterocycles. The number of para-hydroxylation sites is 1. The Hall–Kier alpha value is -3.88. The number of carbonyl (C=O) groups is 1. The Labute approximate surface area is 211 Å². The predicted molar refractivity (Wildman–Crippen MR) is 141 cm³/mol. The lowest BCUT2D eigenvalue weighted by atomic mass is 9.82. The molecule has 0 unspecified atom stereocenters. The van der Waals surface area contributed by atoms with Gasteiger partial charge in [0.15, 0.2) is 11.6 Å². The molecule has 4 rings (SSSR count). The van der Waals surface area contributed by atoms with Gasteiger partial charge in [0, 0.05) is 30.5 Å². The second-order valence-electron chi connectivity index (χ2n) is 9.89. The van der Waals surface area contributed by atoms with Gasteiger partial charge in [-0.1, -0.05) is 32.0 Å². The van der Waals surface area contributed by atoms with Crippen LogP contribution in [0.3, 0.4) is 0 Å². The van der Waals surface area contributed by atoms with Crippen molar-refractivity contribution in [3.05, 3.63) is 54.0 Å². The highest BCUT2D eigenvalue weighted by molar-refractivity contribution is 5.83. The molecule has 1 aliphatic heterocycles. The number of aryl methyl sites for hydroxylation is 1. The maximum Gasteiger partial charge on any atom is 0.307 e. The maximum absolute atomic E-state index is 11.7. The number of nitrogens with two attached hydrogens (primary N) is 1. The summed E-state index contributed by atoms with van der Waals surface area (Å²) in [6.07, 6.45) is 5.22. The minimum atomic E-state index is -0.894. The quantitative estimate of drug-likeness (QED) is 0.379. The zero-order valence-corrected chi connectivity index (χ0v) is 21.1. The third kappa shape index (κ3) is 6.02. The van der Waals surface area contributed by atoms with Gasteiger partial charge in [-0.2, -0.15) is 0 Å². The maximum atomic E-state index is 11.7. The fourth-order valence-corrected chi connectivity index (χ4v) is 4.38. The number of ether oxygens (including phenoxy) is 1. The monoisotopic (exact) mass is 490 g/mol. The first-order valence-electron chi connectivity index (χ1n) is 12.2. The lowest BCUT2D eigenvalue weighted by molar-refractivity contribution is -0.136. The lowest BCUT2D eigenvalue weighted by Gasteiger charge is -2.39. The average molecular weight is 491 g/mol. The normalized spacial score (nSPS) is 14.9. The summed E-state index contributed by atoms with van der Waals surface area (Å²) in [7, 11) is 0. The van der Waals surface area contributed by atoms with Crippen molar-refractivity contribution in [2.45, 2.75) is 40.0 Å². The van der Waals surface area contributed by atoms with E-state index < -0.39 is 5.97 Å². The van der Waals surface area contributed by atoms with E-state index in [-0.39, 0.29) is 11.8 Å². The van der Waals surface area contributed by atoms with Gasteiger partial charge < -0.3 is 25.8 Å². The number of pyridine rings is 1. The molecule has 9 nitrogen and oxygen atoms in total. The number of nitrogens with one attached hydrogen (secondary N) is 1. The zero-order chi connectivity index (χ0) is 25.7. The van der Waals surface area contributed by atoms with Crippen LogP contribution in [0.4, 0.5) is 17.2 Å². The molecular formula is C27H34N6O3. The number of aliphatic carboxylic acids is 1. The summed E-state index contributed by atoms with van der Waals surface area (Å²) in [6.45, 7) is 8.98. The number of benzene rings is 1. The predicted octanol–water partition coefficient (Wildman–Crippen LogP) is 4.17. The van der Waals surface area contributed by atoms with Gasteiger partial charge >= 0.3 is 5.97 Å². The Kier molecular flexibility index (Phi) is 7.57. The van der Waals surface area contributed by atoms with E-state index in [0.29, 0.717) is 47.3 Å². The molecule has 1 aliphatic rings. The number of anilines is 3. The number of nitrogen functional groups attached to an aromatic ring is 1. The van der Waals surface area contributed by atoms with Crippen LogP contribution in [0.5, 0.6) is 5.75 Å². The first-order valence-corrected chi connectivity index (χ1v) is 12.2. The molecule has 0 amide bonds. The Morgan fingerprint density at radius 3 is 2.58 bits per heavy atom. The average Bonchev–Trinajstić information content (AvgIpc) is 2.85. The highest BCUT2D eigenvalue weighted by Crippen LogP contribution is 2.39. The summed E-state index contributed by atoms with van der Waals surface area (Å²) in [5.74, 6) is 0.855. The Bertz CT molecular complexity index is 1210. The van der Waals surface area contributed by atoms with Crippen molar-refractivity contribution in [1.82, 2.24) is 15.0 Å². The number of hydrogen-bond donors (Lipinski definition) is 3. The molecule has 3 heterocycles. The third-order valence-corrected chi connectivity index (χ3v) is 6.59. The number of carboxylic acids is 1. The Morgan fingerprint density at radius 2 is 1.89 bits per heavy atom. The van der Waals surface area contributed by atoms with Crippen molar-refractivity contribution in [3.63, 3.8) is 0 Å². The van der Waals surface area contributed by atoms with Crippen LogP contribution >= 0.6 is 0 Å². The molecule has 1 fully saturated rings. The van der Waals surface area contributed by atoms with E-state index in [2.05, 4.69) is 34.0 Å². The summed E-state index contributed by atoms with van der Waals surface area (Å²) in [6, 6.07) is 9.59. The Morgan fingerprint density at radius 1 is 1.17 bits per heavy atom. The van der Waals surface area contributed by atoms with E-state index in [1.54, 1.807) is 12.4 Å². The van der Waals surface area contributed by atoms with Gasteiger partial charge in [0.25, 0.3) is 0 Å². The minimum Gasteiger partial charge on any atom is -0.492 e.